The number of rotatable bonds is 7. The molecule has 0 aliphatic carbocycles. The van der Waals surface area contributed by atoms with Crippen LogP contribution in [0.5, 0.6) is 0 Å². The van der Waals surface area contributed by atoms with Crippen LogP contribution in [0.15, 0.2) is 12.1 Å². The Morgan fingerprint density at radius 3 is 2.48 bits per heavy atom. The molecule has 1 aromatic carbocycles. The van der Waals surface area contributed by atoms with Gasteiger partial charge in [-0.25, -0.2) is 8.78 Å². The van der Waals surface area contributed by atoms with Gasteiger partial charge in [0.1, 0.15) is 5.56 Å². The van der Waals surface area contributed by atoms with Crippen LogP contribution in [0.4, 0.5) is 14.5 Å². The molecule has 1 rings (SSSR count). The molecule has 0 N–H and O–H groups in total. The summed E-state index contributed by atoms with van der Waals surface area (Å²) in [5.74, 6) is -3.32. The summed E-state index contributed by atoms with van der Waals surface area (Å²) in [4.78, 5) is 23.3. The van der Waals surface area contributed by atoms with Crippen LogP contribution >= 0.6 is 15.9 Å². The number of hydrogen-bond donors (Lipinski definition) is 0. The minimum Gasteiger partial charge on any atom is -0.341 e. The largest absolute Gasteiger partial charge is 0.341 e. The molecule has 8 heteroatoms. The fraction of sp³-hybridized carbons (Fsp3) is 0.462. The number of carbonyl (C=O) groups is 1. The molecule has 1 amide bonds. The molecule has 0 fully saturated rings. The lowest BCUT2D eigenvalue weighted by Crippen LogP contribution is -2.28. The van der Waals surface area contributed by atoms with E-state index in [1.807, 2.05) is 0 Å². The van der Waals surface area contributed by atoms with Crippen LogP contribution in [0.3, 0.4) is 0 Å². The van der Waals surface area contributed by atoms with E-state index in [1.165, 1.54) is 11.9 Å². The molecule has 21 heavy (non-hydrogen) atoms. The molecule has 0 aliphatic heterocycles. The lowest BCUT2D eigenvalue weighted by molar-refractivity contribution is -0.385. The van der Waals surface area contributed by atoms with Crippen LogP contribution in [-0.4, -0.2) is 34.7 Å². The topological polar surface area (TPSA) is 63.5 Å². The molecule has 0 heterocycles. The SMILES string of the molecule is CN(CCCCCBr)C(=O)c1cc(F)c(F)cc1[N+](=O)[O-]. The predicted octanol–water partition coefficient (Wildman–Crippen LogP) is 3.51. The van der Waals surface area contributed by atoms with Gasteiger partial charge in [-0.3, -0.25) is 14.9 Å². The van der Waals surface area contributed by atoms with Crippen molar-refractivity contribution >= 4 is 27.5 Å². The smallest absolute Gasteiger partial charge is 0.285 e. The van der Waals surface area contributed by atoms with Gasteiger partial charge in [0.15, 0.2) is 11.6 Å². The van der Waals surface area contributed by atoms with Crippen molar-refractivity contribution < 1.29 is 18.5 Å². The molecule has 5 nitrogen and oxygen atoms in total. The van der Waals surface area contributed by atoms with Crippen LogP contribution in [-0.2, 0) is 0 Å². The number of nitro groups is 1. The van der Waals surface area contributed by atoms with E-state index >= 15 is 0 Å². The number of hydrogen-bond acceptors (Lipinski definition) is 3. The van der Waals surface area contributed by atoms with Crippen molar-refractivity contribution in [1.29, 1.82) is 0 Å². The van der Waals surface area contributed by atoms with E-state index < -0.39 is 33.7 Å². The summed E-state index contributed by atoms with van der Waals surface area (Å²) in [6.07, 6.45) is 2.57. The molecule has 0 radical (unpaired) electrons. The van der Waals surface area contributed by atoms with Crippen LogP contribution < -0.4 is 0 Å². The minimum absolute atomic E-state index is 0.391. The van der Waals surface area contributed by atoms with Gasteiger partial charge in [0.05, 0.1) is 11.0 Å². The summed E-state index contributed by atoms with van der Waals surface area (Å²) in [6.45, 7) is 0.391. The van der Waals surface area contributed by atoms with Gasteiger partial charge in [-0.2, -0.15) is 0 Å². The Balaban J connectivity index is 2.90. The maximum absolute atomic E-state index is 13.2. The maximum Gasteiger partial charge on any atom is 0.285 e. The van der Waals surface area contributed by atoms with Gasteiger partial charge in [-0.15, -0.1) is 0 Å². The Hall–Kier alpha value is -1.57. The van der Waals surface area contributed by atoms with E-state index in [9.17, 15) is 23.7 Å². The zero-order valence-corrected chi connectivity index (χ0v) is 13.0. The molecule has 1 aromatic rings. The van der Waals surface area contributed by atoms with Gasteiger partial charge < -0.3 is 4.90 Å². The molecule has 116 valence electrons. The van der Waals surface area contributed by atoms with E-state index in [0.29, 0.717) is 18.7 Å². The van der Waals surface area contributed by atoms with Gasteiger partial charge >= 0.3 is 0 Å². The van der Waals surface area contributed by atoms with E-state index in [1.54, 1.807) is 0 Å². The third kappa shape index (κ3) is 4.73. The Morgan fingerprint density at radius 1 is 1.29 bits per heavy atom. The summed E-state index contributed by atoms with van der Waals surface area (Å²) >= 11 is 3.29. The quantitative estimate of drug-likeness (QED) is 0.322. The fourth-order valence-electron chi connectivity index (χ4n) is 1.79. The van der Waals surface area contributed by atoms with E-state index in [4.69, 9.17) is 0 Å². The summed E-state index contributed by atoms with van der Waals surface area (Å²) in [5.41, 5.74) is -1.17. The second kappa shape index (κ2) is 8.02. The Bertz CT molecular complexity index is 540. The Morgan fingerprint density at radius 2 is 1.90 bits per heavy atom. The Kier molecular flexibility index (Phi) is 6.67. The molecule has 0 aliphatic rings. The third-order valence-corrected chi connectivity index (χ3v) is 3.50. The molecular formula is C13H15BrF2N2O3. The molecule has 0 saturated heterocycles. The highest BCUT2D eigenvalue weighted by Crippen LogP contribution is 2.23. The van der Waals surface area contributed by atoms with Gasteiger partial charge in [-0.05, 0) is 18.9 Å². The number of nitro benzene ring substituents is 1. The summed E-state index contributed by atoms with van der Waals surface area (Å²) in [5, 5.41) is 11.7. The third-order valence-electron chi connectivity index (χ3n) is 2.94. The molecule has 0 spiro atoms. The summed E-state index contributed by atoms with van der Waals surface area (Å²) < 4.78 is 26.3. The molecular weight excluding hydrogens is 350 g/mol. The van der Waals surface area contributed by atoms with E-state index in [0.717, 1.165) is 24.6 Å². The van der Waals surface area contributed by atoms with Crippen molar-refractivity contribution in [2.75, 3.05) is 18.9 Å². The first kappa shape index (κ1) is 17.5. The van der Waals surface area contributed by atoms with Crippen molar-refractivity contribution in [2.45, 2.75) is 19.3 Å². The molecule has 0 saturated carbocycles. The highest BCUT2D eigenvalue weighted by Gasteiger charge is 2.25. The molecule has 0 aromatic heterocycles. The van der Waals surface area contributed by atoms with E-state index in [-0.39, 0.29) is 0 Å². The van der Waals surface area contributed by atoms with Gasteiger partial charge in [-0.1, -0.05) is 22.4 Å². The molecule has 0 atom stereocenters. The lowest BCUT2D eigenvalue weighted by Gasteiger charge is -2.17. The fourth-order valence-corrected chi connectivity index (χ4v) is 2.18. The zero-order valence-electron chi connectivity index (χ0n) is 11.4. The monoisotopic (exact) mass is 364 g/mol. The maximum atomic E-state index is 13.2. The van der Waals surface area contributed by atoms with Crippen molar-refractivity contribution in [3.63, 3.8) is 0 Å². The normalized spacial score (nSPS) is 10.5. The number of unbranched alkanes of at least 4 members (excludes halogenated alkanes) is 2. The van der Waals surface area contributed by atoms with Crippen molar-refractivity contribution in [3.05, 3.63) is 39.4 Å². The van der Waals surface area contributed by atoms with Crippen LogP contribution in [0, 0.1) is 21.7 Å². The van der Waals surface area contributed by atoms with E-state index in [2.05, 4.69) is 15.9 Å². The number of carbonyl (C=O) groups excluding carboxylic acids is 1. The first-order valence-electron chi connectivity index (χ1n) is 6.33. The van der Waals surface area contributed by atoms with Crippen molar-refractivity contribution in [3.8, 4) is 0 Å². The standard InChI is InChI=1S/C13H15BrF2N2O3/c1-17(6-4-2-3-5-14)13(19)9-7-10(15)11(16)8-12(9)18(20)21/h7-8H,2-6H2,1H3. The Labute approximate surface area is 129 Å². The van der Waals surface area contributed by atoms with Gasteiger partial charge in [0.2, 0.25) is 0 Å². The lowest BCUT2D eigenvalue weighted by atomic mass is 10.1. The van der Waals surface area contributed by atoms with Crippen molar-refractivity contribution in [1.82, 2.24) is 4.90 Å². The predicted molar refractivity (Wildman–Crippen MR) is 77.6 cm³/mol. The van der Waals surface area contributed by atoms with Crippen LogP contribution in [0.1, 0.15) is 29.6 Å². The summed E-state index contributed by atoms with van der Waals surface area (Å²) in [6, 6.07) is 1.01. The first-order valence-corrected chi connectivity index (χ1v) is 7.45. The van der Waals surface area contributed by atoms with Crippen LogP contribution in [0.2, 0.25) is 0 Å². The average Bonchev–Trinajstić information content (AvgIpc) is 2.44. The summed E-state index contributed by atoms with van der Waals surface area (Å²) in [7, 11) is 1.47. The number of halogens is 3. The van der Waals surface area contributed by atoms with Crippen molar-refractivity contribution in [2.24, 2.45) is 0 Å². The van der Waals surface area contributed by atoms with Gasteiger partial charge in [0, 0.05) is 18.9 Å². The second-order valence-corrected chi connectivity index (χ2v) is 5.31. The number of amides is 1. The van der Waals surface area contributed by atoms with Crippen LogP contribution in [0.25, 0.3) is 0 Å². The number of nitrogens with zero attached hydrogens (tertiary/aromatic N) is 2. The number of alkyl halides is 1. The number of benzene rings is 1. The molecule has 0 unspecified atom stereocenters. The second-order valence-electron chi connectivity index (χ2n) is 4.52. The average molecular weight is 365 g/mol. The highest BCUT2D eigenvalue weighted by atomic mass is 79.9. The minimum atomic E-state index is -1.35. The zero-order chi connectivity index (χ0) is 16.0. The first-order chi connectivity index (χ1) is 9.88. The highest BCUT2D eigenvalue weighted by molar-refractivity contribution is 9.09. The van der Waals surface area contributed by atoms with Gasteiger partial charge in [0.25, 0.3) is 11.6 Å². The molecule has 0 bridgehead atoms.